The van der Waals surface area contributed by atoms with Crippen molar-refractivity contribution in [2.24, 2.45) is 0 Å². The highest BCUT2D eigenvalue weighted by Gasteiger charge is 2.30. The van der Waals surface area contributed by atoms with E-state index in [4.69, 9.17) is 0 Å². The van der Waals surface area contributed by atoms with Crippen molar-refractivity contribution < 1.29 is 14.4 Å². The fourth-order valence-electron chi connectivity index (χ4n) is 6.08. The lowest BCUT2D eigenvalue weighted by Gasteiger charge is -2.34. The minimum absolute atomic E-state index is 0.0211. The zero-order chi connectivity index (χ0) is 32.5. The van der Waals surface area contributed by atoms with Crippen LogP contribution in [0.3, 0.4) is 0 Å². The molecule has 0 aromatic heterocycles. The predicted octanol–water partition coefficient (Wildman–Crippen LogP) is 8.85. The van der Waals surface area contributed by atoms with E-state index < -0.39 is 0 Å². The van der Waals surface area contributed by atoms with Crippen LogP contribution in [0.4, 0.5) is 5.69 Å². The molecule has 3 N–H and O–H groups in total. The molecule has 0 fully saturated rings. The lowest BCUT2D eigenvalue weighted by Crippen LogP contribution is -2.44. The lowest BCUT2D eigenvalue weighted by molar-refractivity contribution is -0.121. The molecule has 0 radical (unpaired) electrons. The van der Waals surface area contributed by atoms with Crippen molar-refractivity contribution in [3.8, 4) is 11.1 Å². The normalized spacial score (nSPS) is 12.7. The van der Waals surface area contributed by atoms with Crippen LogP contribution in [0, 0.1) is 13.8 Å². The van der Waals surface area contributed by atoms with Gasteiger partial charge in [0, 0.05) is 29.3 Å². The lowest BCUT2D eigenvalue weighted by atomic mass is 9.81. The molecule has 3 rings (SSSR count). The number of hydrogen-bond donors (Lipinski definition) is 3. The smallest absolute Gasteiger partial charge is 0.255 e. The average Bonchev–Trinajstić information content (AvgIpc) is 2.97. The molecule has 6 heteroatoms. The molecule has 0 spiro atoms. The topological polar surface area (TPSA) is 87.3 Å². The number of carbonyl (C=O) groups excluding carboxylic acids is 3. The van der Waals surface area contributed by atoms with Gasteiger partial charge in [-0.05, 0) is 105 Å². The molecule has 0 saturated heterocycles. The number of amides is 3. The molecular weight excluding hydrogens is 546 g/mol. The van der Waals surface area contributed by atoms with Gasteiger partial charge in [-0.1, -0.05) is 76.8 Å². The van der Waals surface area contributed by atoms with Gasteiger partial charge in [0.2, 0.25) is 5.91 Å². The van der Waals surface area contributed by atoms with Gasteiger partial charge in [-0.25, -0.2) is 0 Å². The van der Waals surface area contributed by atoms with Gasteiger partial charge in [0.25, 0.3) is 11.8 Å². The summed E-state index contributed by atoms with van der Waals surface area (Å²) < 4.78 is 0. The molecule has 6 nitrogen and oxygen atoms in total. The summed E-state index contributed by atoms with van der Waals surface area (Å²) in [7, 11) is 0. The maximum atomic E-state index is 13.2. The van der Waals surface area contributed by atoms with E-state index >= 15 is 0 Å². The minimum Gasteiger partial charge on any atom is -0.347 e. The Kier molecular flexibility index (Phi) is 11.9. The van der Waals surface area contributed by atoms with Gasteiger partial charge in [0.15, 0.2) is 0 Å². The molecule has 0 aliphatic rings. The van der Waals surface area contributed by atoms with E-state index in [0.29, 0.717) is 16.8 Å². The highest BCUT2D eigenvalue weighted by Crippen LogP contribution is 2.35. The van der Waals surface area contributed by atoms with Crippen molar-refractivity contribution in [1.82, 2.24) is 10.6 Å². The van der Waals surface area contributed by atoms with Crippen molar-refractivity contribution in [3.63, 3.8) is 0 Å². The van der Waals surface area contributed by atoms with Crippen LogP contribution in [0.2, 0.25) is 0 Å². The van der Waals surface area contributed by atoms with Crippen molar-refractivity contribution in [2.75, 3.05) is 5.32 Å². The average molecular weight is 598 g/mol. The van der Waals surface area contributed by atoms with E-state index in [1.54, 1.807) is 31.2 Å². The molecule has 0 saturated carbocycles. The first kappa shape index (κ1) is 34.6. The number of nitrogens with one attached hydrogen (secondary N) is 3. The van der Waals surface area contributed by atoms with E-state index in [9.17, 15) is 14.4 Å². The molecule has 3 aromatic carbocycles. The first-order valence-corrected chi connectivity index (χ1v) is 16.1. The molecule has 3 amide bonds. The fourth-order valence-corrected chi connectivity index (χ4v) is 6.08. The molecule has 1 atom stereocenters. The van der Waals surface area contributed by atoms with Gasteiger partial charge in [-0.15, -0.1) is 0 Å². The van der Waals surface area contributed by atoms with Crippen molar-refractivity contribution in [2.45, 2.75) is 111 Å². The van der Waals surface area contributed by atoms with Crippen LogP contribution in [-0.4, -0.2) is 23.3 Å². The van der Waals surface area contributed by atoms with E-state index in [1.807, 2.05) is 39.0 Å². The summed E-state index contributed by atoms with van der Waals surface area (Å²) in [6.07, 6.45) is 6.90. The monoisotopic (exact) mass is 597 g/mol. The van der Waals surface area contributed by atoms with Crippen LogP contribution in [-0.2, 0) is 10.3 Å². The molecule has 0 aliphatic carbocycles. The molecule has 0 heterocycles. The third kappa shape index (κ3) is 8.81. The van der Waals surface area contributed by atoms with Crippen LogP contribution in [0.25, 0.3) is 11.1 Å². The second-order valence-electron chi connectivity index (χ2n) is 12.8. The second kappa shape index (κ2) is 15.2. The Bertz CT molecular complexity index is 1480. The second-order valence-corrected chi connectivity index (χ2v) is 12.8. The predicted molar refractivity (Wildman–Crippen MR) is 182 cm³/mol. The summed E-state index contributed by atoms with van der Waals surface area (Å²) in [6, 6.07) is 19.2. The van der Waals surface area contributed by atoms with Gasteiger partial charge in [-0.2, -0.15) is 0 Å². The molecule has 1 unspecified atom stereocenters. The van der Waals surface area contributed by atoms with Gasteiger partial charge in [0.1, 0.15) is 0 Å². The largest absolute Gasteiger partial charge is 0.347 e. The number of aryl methyl sites for hydroxylation is 2. The Balaban J connectivity index is 1.77. The third-order valence-electron chi connectivity index (χ3n) is 8.49. The summed E-state index contributed by atoms with van der Waals surface area (Å²) in [5.74, 6) is -0.461. The Morgan fingerprint density at radius 1 is 0.705 bits per heavy atom. The van der Waals surface area contributed by atoms with E-state index in [0.717, 1.165) is 72.8 Å². The fraction of sp³-hybridized carbons (Fsp3) is 0.447. The number of carbonyl (C=O) groups is 3. The minimum atomic E-state index is -0.379. The van der Waals surface area contributed by atoms with Crippen LogP contribution in [0.15, 0.2) is 60.7 Å². The van der Waals surface area contributed by atoms with E-state index in [1.165, 1.54) is 0 Å². The number of rotatable bonds is 14. The third-order valence-corrected chi connectivity index (χ3v) is 8.49. The standard InChI is InChI=1S/C38H51N3O3/c1-9-12-13-22-37(7,8)41-36(44)30-16-14-15-29(25-30)35(43)39-32-18-20-34(27(5)24-32)33-19-17-31(23-26(33)4)38(11-3,21-10-2)40-28(6)42/h14-20,23-25H,9-13,21-22H2,1-8H3,(H,39,43)(H,40,42)(H,41,44). The SMILES string of the molecule is CCCCCC(C)(C)NC(=O)c1cccc(C(=O)Nc2ccc(-c3ccc(C(CC)(CCC)NC(C)=O)cc3C)c(C)c2)c1. The van der Waals surface area contributed by atoms with Crippen LogP contribution >= 0.6 is 0 Å². The van der Waals surface area contributed by atoms with Gasteiger partial charge in [-0.3, -0.25) is 14.4 Å². The van der Waals surface area contributed by atoms with Gasteiger partial charge >= 0.3 is 0 Å². The quantitative estimate of drug-likeness (QED) is 0.162. The molecule has 0 aliphatic heterocycles. The Labute approximate surface area is 264 Å². The van der Waals surface area contributed by atoms with Crippen molar-refractivity contribution in [3.05, 3.63) is 88.5 Å². The summed E-state index contributed by atoms with van der Waals surface area (Å²) >= 11 is 0. The molecular formula is C38H51N3O3. The summed E-state index contributed by atoms with van der Waals surface area (Å²) in [4.78, 5) is 38.2. The first-order valence-electron chi connectivity index (χ1n) is 16.1. The Hall–Kier alpha value is -3.93. The zero-order valence-corrected chi connectivity index (χ0v) is 27.9. The molecule has 44 heavy (non-hydrogen) atoms. The van der Waals surface area contributed by atoms with Crippen LogP contribution in [0.5, 0.6) is 0 Å². The zero-order valence-electron chi connectivity index (χ0n) is 27.9. The number of hydrogen-bond acceptors (Lipinski definition) is 3. The van der Waals surface area contributed by atoms with Crippen LogP contribution in [0.1, 0.15) is 124 Å². The Morgan fingerprint density at radius 2 is 1.34 bits per heavy atom. The van der Waals surface area contributed by atoms with E-state index in [-0.39, 0.29) is 28.8 Å². The highest BCUT2D eigenvalue weighted by atomic mass is 16.2. The molecule has 236 valence electrons. The summed E-state index contributed by atoms with van der Waals surface area (Å²) in [6.45, 7) is 16.2. The maximum Gasteiger partial charge on any atom is 0.255 e. The maximum absolute atomic E-state index is 13.2. The van der Waals surface area contributed by atoms with Crippen molar-refractivity contribution >= 4 is 23.4 Å². The molecule has 0 bridgehead atoms. The Morgan fingerprint density at radius 3 is 1.91 bits per heavy atom. The number of unbranched alkanes of at least 4 members (excludes halogenated alkanes) is 2. The summed E-state index contributed by atoms with van der Waals surface area (Å²) in [5.41, 5.74) is 6.38. The van der Waals surface area contributed by atoms with Crippen molar-refractivity contribution in [1.29, 1.82) is 0 Å². The van der Waals surface area contributed by atoms with Gasteiger partial charge in [0.05, 0.1) is 5.54 Å². The highest BCUT2D eigenvalue weighted by molar-refractivity contribution is 6.06. The van der Waals surface area contributed by atoms with Gasteiger partial charge < -0.3 is 16.0 Å². The summed E-state index contributed by atoms with van der Waals surface area (Å²) in [5, 5.41) is 9.34. The van der Waals surface area contributed by atoms with Crippen LogP contribution < -0.4 is 16.0 Å². The first-order chi connectivity index (χ1) is 20.8. The number of anilines is 1. The number of benzene rings is 3. The van der Waals surface area contributed by atoms with E-state index in [2.05, 4.69) is 61.8 Å². The molecule has 3 aromatic rings.